The van der Waals surface area contributed by atoms with Crippen LogP contribution in [0.4, 0.5) is 5.82 Å². The molecule has 7 nitrogen and oxygen atoms in total. The van der Waals surface area contributed by atoms with Crippen molar-refractivity contribution >= 4 is 11.7 Å². The van der Waals surface area contributed by atoms with Gasteiger partial charge in [-0.1, -0.05) is 6.42 Å². The fraction of sp³-hybridized carbons (Fsp3) is 0.750. The lowest BCUT2D eigenvalue weighted by molar-refractivity contribution is 0.00214. The van der Waals surface area contributed by atoms with Crippen molar-refractivity contribution in [1.82, 2.24) is 19.8 Å². The van der Waals surface area contributed by atoms with Gasteiger partial charge in [-0.3, -0.25) is 9.78 Å². The second-order valence-electron chi connectivity index (χ2n) is 8.36. The van der Waals surface area contributed by atoms with E-state index < -0.39 is 0 Å². The molecule has 0 aromatic carbocycles. The Bertz CT molecular complexity index is 676. The van der Waals surface area contributed by atoms with Crippen LogP contribution in [-0.4, -0.2) is 85.2 Å². The molecule has 1 aromatic rings. The van der Waals surface area contributed by atoms with E-state index in [1.165, 1.54) is 19.3 Å². The van der Waals surface area contributed by atoms with Crippen LogP contribution in [0.2, 0.25) is 0 Å². The second kappa shape index (κ2) is 7.72. The topological polar surface area (TPSA) is 61.8 Å². The maximum atomic E-state index is 12.9. The zero-order chi connectivity index (χ0) is 18.9. The van der Waals surface area contributed by atoms with E-state index in [9.17, 15) is 4.79 Å². The van der Waals surface area contributed by atoms with E-state index in [1.807, 2.05) is 12.0 Å². The molecule has 1 saturated carbocycles. The van der Waals surface area contributed by atoms with Gasteiger partial charge in [0.2, 0.25) is 0 Å². The number of ether oxygens (including phenoxy) is 1. The van der Waals surface area contributed by atoms with Gasteiger partial charge in [-0.25, -0.2) is 4.98 Å². The molecule has 2 aliphatic heterocycles. The summed E-state index contributed by atoms with van der Waals surface area (Å²) in [5, 5.41) is 0. The lowest BCUT2D eigenvalue weighted by Crippen LogP contribution is -2.48. The predicted octanol–water partition coefficient (Wildman–Crippen LogP) is 1.65. The van der Waals surface area contributed by atoms with Crippen LogP contribution in [0.1, 0.15) is 42.6 Å². The number of carbonyl (C=O) groups is 1. The third-order valence-corrected chi connectivity index (χ3v) is 6.67. The minimum absolute atomic E-state index is 0.000179. The van der Waals surface area contributed by atoms with Gasteiger partial charge in [0.15, 0.2) is 0 Å². The van der Waals surface area contributed by atoms with Gasteiger partial charge in [0.25, 0.3) is 5.91 Å². The highest BCUT2D eigenvalue weighted by Crippen LogP contribution is 2.46. The number of aromatic nitrogens is 2. The smallest absolute Gasteiger partial charge is 0.274 e. The summed E-state index contributed by atoms with van der Waals surface area (Å²) in [6.45, 7) is 5.25. The van der Waals surface area contributed by atoms with Crippen molar-refractivity contribution in [2.75, 3.05) is 58.3 Å². The molecule has 27 heavy (non-hydrogen) atoms. The van der Waals surface area contributed by atoms with E-state index in [-0.39, 0.29) is 11.3 Å². The third-order valence-electron chi connectivity index (χ3n) is 6.67. The standard InChI is InChI=1S/C20H31N5O2/c1-23-9-11-24(12-10-23)19(26)16-13-21-14-18(22-16)25-8-4-7-20(15-25)6-3-5-17(20)27-2/h13-14,17H,3-12,15H2,1-2H3/t17-,20-/m1/s1. The molecular formula is C20H31N5O2. The highest BCUT2D eigenvalue weighted by Gasteiger charge is 2.46. The van der Waals surface area contributed by atoms with Crippen LogP contribution in [0.3, 0.4) is 0 Å². The number of amides is 1. The molecule has 1 spiro atoms. The van der Waals surface area contributed by atoms with Crippen molar-refractivity contribution in [3.05, 3.63) is 18.1 Å². The fourth-order valence-corrected chi connectivity index (χ4v) is 5.08. The summed E-state index contributed by atoms with van der Waals surface area (Å²) in [6.07, 6.45) is 9.71. The maximum Gasteiger partial charge on any atom is 0.274 e. The third kappa shape index (κ3) is 3.67. The van der Waals surface area contributed by atoms with E-state index in [4.69, 9.17) is 9.72 Å². The highest BCUT2D eigenvalue weighted by molar-refractivity contribution is 5.92. The number of nitrogens with zero attached hydrogens (tertiary/aromatic N) is 5. The fourth-order valence-electron chi connectivity index (χ4n) is 5.08. The van der Waals surface area contributed by atoms with Crippen molar-refractivity contribution in [2.45, 2.75) is 38.2 Å². The SMILES string of the molecule is CO[C@@H]1CCC[C@]12CCCN(c1cncc(C(=O)N3CCN(C)CC3)n1)C2. The molecule has 148 valence electrons. The summed E-state index contributed by atoms with van der Waals surface area (Å²) in [5.74, 6) is 0.829. The van der Waals surface area contributed by atoms with E-state index in [2.05, 4.69) is 21.8 Å². The molecule has 1 aliphatic carbocycles. The molecule has 0 unspecified atom stereocenters. The summed E-state index contributed by atoms with van der Waals surface area (Å²) >= 11 is 0. The van der Waals surface area contributed by atoms with Crippen LogP contribution in [-0.2, 0) is 4.74 Å². The highest BCUT2D eigenvalue weighted by atomic mass is 16.5. The molecule has 0 bridgehead atoms. The molecule has 4 rings (SSSR count). The molecule has 1 amide bonds. The molecule has 0 N–H and O–H groups in total. The summed E-state index contributed by atoms with van der Waals surface area (Å²) < 4.78 is 5.81. The summed E-state index contributed by atoms with van der Waals surface area (Å²) in [7, 11) is 3.93. The van der Waals surface area contributed by atoms with Crippen LogP contribution in [0, 0.1) is 5.41 Å². The quantitative estimate of drug-likeness (QED) is 0.803. The van der Waals surface area contributed by atoms with Gasteiger partial charge in [-0.2, -0.15) is 0 Å². The number of piperidine rings is 1. The van der Waals surface area contributed by atoms with Crippen LogP contribution < -0.4 is 4.90 Å². The Morgan fingerprint density at radius 3 is 2.70 bits per heavy atom. The van der Waals surface area contributed by atoms with Gasteiger partial charge in [-0.15, -0.1) is 0 Å². The Labute approximate surface area is 161 Å². The van der Waals surface area contributed by atoms with Crippen molar-refractivity contribution < 1.29 is 9.53 Å². The van der Waals surface area contributed by atoms with E-state index >= 15 is 0 Å². The normalized spacial score (nSPS) is 29.5. The monoisotopic (exact) mass is 373 g/mol. The number of methoxy groups -OCH3 is 1. The summed E-state index contributed by atoms with van der Waals surface area (Å²) in [4.78, 5) is 28.4. The largest absolute Gasteiger partial charge is 0.381 e. The summed E-state index contributed by atoms with van der Waals surface area (Å²) in [6, 6.07) is 0. The zero-order valence-corrected chi connectivity index (χ0v) is 16.6. The predicted molar refractivity (Wildman–Crippen MR) is 104 cm³/mol. The first kappa shape index (κ1) is 18.6. The van der Waals surface area contributed by atoms with Gasteiger partial charge in [0, 0.05) is 51.8 Å². The van der Waals surface area contributed by atoms with Crippen molar-refractivity contribution in [3.8, 4) is 0 Å². The van der Waals surface area contributed by atoms with Crippen LogP contribution in [0.25, 0.3) is 0 Å². The number of piperazine rings is 1. The van der Waals surface area contributed by atoms with Crippen LogP contribution in [0.5, 0.6) is 0 Å². The van der Waals surface area contributed by atoms with Gasteiger partial charge in [-0.05, 0) is 32.7 Å². The first-order valence-corrected chi connectivity index (χ1v) is 10.2. The Balaban J connectivity index is 1.49. The number of hydrogen-bond donors (Lipinski definition) is 0. The lowest BCUT2D eigenvalue weighted by atomic mass is 9.76. The Morgan fingerprint density at radius 2 is 1.93 bits per heavy atom. The molecule has 3 heterocycles. The lowest BCUT2D eigenvalue weighted by Gasteiger charge is -2.44. The minimum atomic E-state index is -0.000179. The first-order chi connectivity index (χ1) is 13.1. The van der Waals surface area contributed by atoms with E-state index in [1.54, 1.807) is 12.4 Å². The van der Waals surface area contributed by atoms with Crippen molar-refractivity contribution in [1.29, 1.82) is 0 Å². The van der Waals surface area contributed by atoms with Crippen LogP contribution in [0.15, 0.2) is 12.4 Å². The molecule has 2 saturated heterocycles. The maximum absolute atomic E-state index is 12.9. The van der Waals surface area contributed by atoms with Crippen LogP contribution >= 0.6 is 0 Å². The number of rotatable bonds is 3. The minimum Gasteiger partial charge on any atom is -0.381 e. The van der Waals surface area contributed by atoms with Crippen molar-refractivity contribution in [2.24, 2.45) is 5.41 Å². The Kier molecular flexibility index (Phi) is 5.32. The second-order valence-corrected chi connectivity index (χ2v) is 8.36. The average molecular weight is 374 g/mol. The molecular weight excluding hydrogens is 342 g/mol. The number of likely N-dealkylation sites (N-methyl/N-ethyl adjacent to an activating group) is 1. The van der Waals surface area contributed by atoms with Gasteiger partial charge in [0.1, 0.15) is 11.5 Å². The molecule has 3 aliphatic rings. The molecule has 1 aromatic heterocycles. The van der Waals surface area contributed by atoms with Gasteiger partial charge < -0.3 is 19.4 Å². The molecule has 7 heteroatoms. The van der Waals surface area contributed by atoms with E-state index in [0.717, 1.165) is 57.9 Å². The van der Waals surface area contributed by atoms with Crippen molar-refractivity contribution in [3.63, 3.8) is 0 Å². The van der Waals surface area contributed by atoms with Gasteiger partial charge >= 0.3 is 0 Å². The average Bonchev–Trinajstić information content (AvgIpc) is 3.09. The van der Waals surface area contributed by atoms with Gasteiger partial charge in [0.05, 0.1) is 18.5 Å². The molecule has 3 fully saturated rings. The molecule has 2 atom stereocenters. The number of anilines is 1. The first-order valence-electron chi connectivity index (χ1n) is 10.2. The Hall–Kier alpha value is -1.73. The number of carbonyl (C=O) groups excluding carboxylic acids is 1. The van der Waals surface area contributed by atoms with E-state index in [0.29, 0.717) is 11.8 Å². The zero-order valence-electron chi connectivity index (χ0n) is 16.6. The number of hydrogen-bond acceptors (Lipinski definition) is 6. The summed E-state index contributed by atoms with van der Waals surface area (Å²) in [5.41, 5.74) is 0.693. The Morgan fingerprint density at radius 1 is 1.15 bits per heavy atom. The molecule has 0 radical (unpaired) electrons.